The lowest BCUT2D eigenvalue weighted by Gasteiger charge is -2.18. The minimum Gasteiger partial charge on any atom is -0.463 e. The number of nitrogens with zero attached hydrogens (tertiary/aromatic N) is 3. The molecule has 1 aliphatic carbocycles. The zero-order chi connectivity index (χ0) is 16.2. The summed E-state index contributed by atoms with van der Waals surface area (Å²) < 4.78 is 5.87. The number of rotatable bonds is 6. The molecular formula is C16H18N4O3. The summed E-state index contributed by atoms with van der Waals surface area (Å²) >= 11 is 0. The van der Waals surface area contributed by atoms with Gasteiger partial charge in [-0.05, 0) is 24.3 Å². The number of aromatic nitrogens is 3. The van der Waals surface area contributed by atoms with Gasteiger partial charge in [-0.2, -0.15) is 0 Å². The van der Waals surface area contributed by atoms with Crippen LogP contribution in [0.1, 0.15) is 35.1 Å². The van der Waals surface area contributed by atoms with Gasteiger partial charge in [0, 0.05) is 0 Å². The number of amides is 1. The van der Waals surface area contributed by atoms with Crippen molar-refractivity contribution in [3.63, 3.8) is 0 Å². The van der Waals surface area contributed by atoms with Gasteiger partial charge in [0.05, 0.1) is 13.2 Å². The molecule has 1 heterocycles. The quantitative estimate of drug-likeness (QED) is 0.813. The minimum absolute atomic E-state index is 0.0139. The SMILES string of the molecule is COC(=O)c1ncn(CC(=O)N[C@H](c2ccccc2)C2CC2)n1. The predicted molar refractivity (Wildman–Crippen MR) is 81.4 cm³/mol. The van der Waals surface area contributed by atoms with Crippen molar-refractivity contribution in [3.05, 3.63) is 48.0 Å². The number of esters is 1. The molecule has 2 aromatic rings. The van der Waals surface area contributed by atoms with E-state index in [9.17, 15) is 9.59 Å². The number of hydrogen-bond donors (Lipinski definition) is 1. The van der Waals surface area contributed by atoms with Crippen LogP contribution < -0.4 is 5.32 Å². The number of ether oxygens (including phenoxy) is 1. The second-order valence-electron chi connectivity index (χ2n) is 5.55. The van der Waals surface area contributed by atoms with Gasteiger partial charge in [0.15, 0.2) is 0 Å². The van der Waals surface area contributed by atoms with Crippen LogP contribution in [0.3, 0.4) is 0 Å². The predicted octanol–water partition coefficient (Wildman–Crippen LogP) is 1.33. The maximum atomic E-state index is 12.3. The number of nitrogens with one attached hydrogen (secondary N) is 1. The molecule has 0 radical (unpaired) electrons. The second-order valence-corrected chi connectivity index (χ2v) is 5.55. The third-order valence-corrected chi connectivity index (χ3v) is 3.78. The summed E-state index contributed by atoms with van der Waals surface area (Å²) in [6.45, 7) is 0.0139. The van der Waals surface area contributed by atoms with Gasteiger partial charge in [0.2, 0.25) is 5.91 Å². The summed E-state index contributed by atoms with van der Waals surface area (Å²) in [5.41, 5.74) is 1.11. The molecule has 23 heavy (non-hydrogen) atoms. The van der Waals surface area contributed by atoms with Crippen molar-refractivity contribution in [1.29, 1.82) is 0 Å². The topological polar surface area (TPSA) is 86.1 Å². The Morgan fingerprint density at radius 3 is 2.74 bits per heavy atom. The van der Waals surface area contributed by atoms with Crippen LogP contribution >= 0.6 is 0 Å². The Balaban J connectivity index is 1.64. The van der Waals surface area contributed by atoms with Gasteiger partial charge in [-0.1, -0.05) is 30.3 Å². The number of hydrogen-bond acceptors (Lipinski definition) is 5. The lowest BCUT2D eigenvalue weighted by Crippen LogP contribution is -2.32. The van der Waals surface area contributed by atoms with E-state index in [1.807, 2.05) is 30.3 Å². The Labute approximate surface area is 133 Å². The lowest BCUT2D eigenvalue weighted by molar-refractivity contribution is -0.122. The van der Waals surface area contributed by atoms with E-state index >= 15 is 0 Å². The average molecular weight is 314 g/mol. The van der Waals surface area contributed by atoms with Crippen molar-refractivity contribution in [2.45, 2.75) is 25.4 Å². The molecule has 1 amide bonds. The van der Waals surface area contributed by atoms with E-state index in [-0.39, 0.29) is 24.3 Å². The maximum Gasteiger partial charge on any atom is 0.377 e. The molecule has 7 nitrogen and oxygen atoms in total. The van der Waals surface area contributed by atoms with E-state index in [0.717, 1.165) is 18.4 Å². The van der Waals surface area contributed by atoms with E-state index in [4.69, 9.17) is 0 Å². The molecule has 1 aromatic heterocycles. The summed E-state index contributed by atoms with van der Waals surface area (Å²) in [5, 5.41) is 6.98. The average Bonchev–Trinajstić information content (AvgIpc) is 3.31. The Morgan fingerprint density at radius 2 is 2.09 bits per heavy atom. The molecule has 7 heteroatoms. The van der Waals surface area contributed by atoms with Gasteiger partial charge in [0.1, 0.15) is 12.9 Å². The lowest BCUT2D eigenvalue weighted by atomic mass is 10.0. The van der Waals surface area contributed by atoms with Crippen molar-refractivity contribution in [2.75, 3.05) is 7.11 Å². The van der Waals surface area contributed by atoms with E-state index in [0.29, 0.717) is 5.92 Å². The Kier molecular flexibility index (Phi) is 4.36. The van der Waals surface area contributed by atoms with Gasteiger partial charge in [-0.15, -0.1) is 5.10 Å². The molecule has 0 saturated heterocycles. The highest BCUT2D eigenvalue weighted by Crippen LogP contribution is 2.40. The van der Waals surface area contributed by atoms with E-state index in [1.54, 1.807) is 0 Å². The first kappa shape index (κ1) is 15.2. The van der Waals surface area contributed by atoms with Gasteiger partial charge in [-0.25, -0.2) is 14.5 Å². The standard InChI is InChI=1S/C16H18N4O3/c1-23-16(22)15-17-10-20(19-15)9-13(21)18-14(12-7-8-12)11-5-3-2-4-6-11/h2-6,10,12,14H,7-9H2,1H3,(H,18,21)/t14-/m1/s1. The van der Waals surface area contributed by atoms with Crippen molar-refractivity contribution in [1.82, 2.24) is 20.1 Å². The number of methoxy groups -OCH3 is 1. The first-order valence-electron chi connectivity index (χ1n) is 7.49. The molecule has 120 valence electrons. The molecular weight excluding hydrogens is 296 g/mol. The normalized spacial score (nSPS) is 15.0. The third-order valence-electron chi connectivity index (χ3n) is 3.78. The summed E-state index contributed by atoms with van der Waals surface area (Å²) in [6.07, 6.45) is 3.59. The molecule has 1 saturated carbocycles. The van der Waals surface area contributed by atoms with Gasteiger partial charge < -0.3 is 10.1 Å². The van der Waals surface area contributed by atoms with Crippen LogP contribution in [0.25, 0.3) is 0 Å². The fourth-order valence-electron chi connectivity index (χ4n) is 2.49. The molecule has 1 aromatic carbocycles. The zero-order valence-electron chi connectivity index (χ0n) is 12.8. The van der Waals surface area contributed by atoms with Crippen molar-refractivity contribution in [3.8, 4) is 0 Å². The molecule has 0 bridgehead atoms. The van der Waals surface area contributed by atoms with Crippen molar-refractivity contribution in [2.24, 2.45) is 5.92 Å². The van der Waals surface area contributed by atoms with Gasteiger partial charge in [0.25, 0.3) is 5.82 Å². The summed E-state index contributed by atoms with van der Waals surface area (Å²) in [4.78, 5) is 27.4. The second kappa shape index (κ2) is 6.60. The molecule has 0 unspecified atom stereocenters. The highest BCUT2D eigenvalue weighted by molar-refractivity contribution is 5.84. The number of carbonyl (C=O) groups is 2. The molecule has 3 rings (SSSR count). The maximum absolute atomic E-state index is 12.3. The summed E-state index contributed by atoms with van der Waals surface area (Å²) in [7, 11) is 1.26. The number of carbonyl (C=O) groups excluding carboxylic acids is 2. The van der Waals surface area contributed by atoms with Crippen LogP contribution in [0.15, 0.2) is 36.7 Å². The fraction of sp³-hybridized carbons (Fsp3) is 0.375. The monoisotopic (exact) mass is 314 g/mol. The van der Waals surface area contributed by atoms with Crippen LogP contribution in [-0.4, -0.2) is 33.8 Å². The van der Waals surface area contributed by atoms with Crippen molar-refractivity contribution >= 4 is 11.9 Å². The van der Waals surface area contributed by atoms with Gasteiger partial charge >= 0.3 is 5.97 Å². The molecule has 1 atom stereocenters. The number of benzene rings is 1. The van der Waals surface area contributed by atoms with Crippen molar-refractivity contribution < 1.29 is 14.3 Å². The largest absolute Gasteiger partial charge is 0.463 e. The van der Waals surface area contributed by atoms with E-state index in [1.165, 1.54) is 18.1 Å². The first-order valence-corrected chi connectivity index (χ1v) is 7.49. The highest BCUT2D eigenvalue weighted by atomic mass is 16.5. The van der Waals surface area contributed by atoms with Crippen LogP contribution in [-0.2, 0) is 16.1 Å². The first-order chi connectivity index (χ1) is 11.2. The highest BCUT2D eigenvalue weighted by Gasteiger charge is 2.33. The summed E-state index contributed by atoms with van der Waals surface area (Å²) in [5.74, 6) is -0.346. The Hall–Kier alpha value is -2.70. The molecule has 1 aliphatic rings. The Bertz CT molecular complexity index is 694. The van der Waals surface area contributed by atoms with Crippen LogP contribution in [0, 0.1) is 5.92 Å². The Morgan fingerprint density at radius 1 is 1.35 bits per heavy atom. The molecule has 1 fully saturated rings. The smallest absolute Gasteiger partial charge is 0.377 e. The zero-order valence-corrected chi connectivity index (χ0v) is 12.8. The summed E-state index contributed by atoms with van der Waals surface area (Å²) in [6, 6.07) is 9.96. The minimum atomic E-state index is -0.621. The van der Waals surface area contributed by atoms with E-state index in [2.05, 4.69) is 20.1 Å². The molecule has 0 aliphatic heterocycles. The molecule has 1 N–H and O–H groups in total. The third kappa shape index (κ3) is 3.74. The fourth-order valence-corrected chi connectivity index (χ4v) is 2.49. The molecule has 0 spiro atoms. The van der Waals surface area contributed by atoms with Gasteiger partial charge in [-0.3, -0.25) is 4.79 Å². The van der Waals surface area contributed by atoms with E-state index < -0.39 is 5.97 Å². The van der Waals surface area contributed by atoms with Crippen LogP contribution in [0.4, 0.5) is 0 Å². The van der Waals surface area contributed by atoms with Crippen LogP contribution in [0.5, 0.6) is 0 Å². The van der Waals surface area contributed by atoms with Crippen LogP contribution in [0.2, 0.25) is 0 Å².